The van der Waals surface area contributed by atoms with Crippen LogP contribution in [-0.4, -0.2) is 19.7 Å². The summed E-state index contributed by atoms with van der Waals surface area (Å²) in [6.07, 6.45) is 3.25. The summed E-state index contributed by atoms with van der Waals surface area (Å²) in [7, 11) is 1.84. The first-order valence-electron chi connectivity index (χ1n) is 6.71. The normalized spacial score (nSPS) is 12.6. The molecule has 5 nitrogen and oxygen atoms in total. The van der Waals surface area contributed by atoms with Gasteiger partial charge in [-0.25, -0.2) is 14.4 Å². The lowest BCUT2D eigenvalue weighted by atomic mass is 10.0. The van der Waals surface area contributed by atoms with Crippen LogP contribution in [0.15, 0.2) is 30.7 Å². The summed E-state index contributed by atoms with van der Waals surface area (Å²) in [5.41, 5.74) is 2.72. The van der Waals surface area contributed by atoms with E-state index in [0.29, 0.717) is 0 Å². The number of rotatable bonds is 3. The van der Waals surface area contributed by atoms with Gasteiger partial charge in [0.05, 0.1) is 17.6 Å². The number of aromatic nitrogens is 4. The summed E-state index contributed by atoms with van der Waals surface area (Å²) >= 11 is 0. The first kappa shape index (κ1) is 13.5. The second-order valence-electron chi connectivity index (χ2n) is 5.09. The van der Waals surface area contributed by atoms with E-state index in [1.807, 2.05) is 20.9 Å². The van der Waals surface area contributed by atoms with E-state index in [-0.39, 0.29) is 11.9 Å². The Morgan fingerprint density at radius 3 is 2.86 bits per heavy atom. The van der Waals surface area contributed by atoms with Gasteiger partial charge in [0.1, 0.15) is 18.0 Å². The molecule has 0 saturated carbocycles. The molecule has 1 atom stereocenters. The third kappa shape index (κ3) is 2.44. The van der Waals surface area contributed by atoms with Crippen LogP contribution in [0.4, 0.5) is 10.2 Å². The lowest BCUT2D eigenvalue weighted by molar-refractivity contribution is 0.625. The quantitative estimate of drug-likeness (QED) is 0.803. The van der Waals surface area contributed by atoms with E-state index in [9.17, 15) is 4.39 Å². The fraction of sp³-hybridized carbons (Fsp3) is 0.267. The third-order valence-electron chi connectivity index (χ3n) is 3.58. The highest BCUT2D eigenvalue weighted by Crippen LogP contribution is 2.25. The van der Waals surface area contributed by atoms with E-state index in [0.717, 1.165) is 28.0 Å². The van der Waals surface area contributed by atoms with Gasteiger partial charge in [-0.3, -0.25) is 4.68 Å². The molecule has 6 heteroatoms. The largest absolute Gasteiger partial charge is 0.363 e. The van der Waals surface area contributed by atoms with Crippen molar-refractivity contribution < 1.29 is 4.39 Å². The van der Waals surface area contributed by atoms with Crippen LogP contribution in [0.25, 0.3) is 11.0 Å². The van der Waals surface area contributed by atoms with Gasteiger partial charge in [-0.15, -0.1) is 0 Å². The van der Waals surface area contributed by atoms with E-state index < -0.39 is 0 Å². The van der Waals surface area contributed by atoms with Crippen LogP contribution in [0, 0.1) is 12.7 Å². The minimum Gasteiger partial charge on any atom is -0.363 e. The van der Waals surface area contributed by atoms with Crippen molar-refractivity contribution in [1.29, 1.82) is 0 Å². The van der Waals surface area contributed by atoms with Crippen LogP contribution in [0.1, 0.15) is 24.1 Å². The molecule has 21 heavy (non-hydrogen) atoms. The van der Waals surface area contributed by atoms with Crippen LogP contribution in [0.3, 0.4) is 0 Å². The number of benzene rings is 1. The summed E-state index contributed by atoms with van der Waals surface area (Å²) < 4.78 is 14.9. The molecule has 0 bridgehead atoms. The van der Waals surface area contributed by atoms with Gasteiger partial charge in [-0.05, 0) is 37.1 Å². The van der Waals surface area contributed by atoms with Crippen LogP contribution in [-0.2, 0) is 7.05 Å². The predicted molar refractivity (Wildman–Crippen MR) is 79.5 cm³/mol. The lowest BCUT2D eigenvalue weighted by Gasteiger charge is -2.17. The second kappa shape index (κ2) is 5.12. The molecule has 0 aliphatic heterocycles. The molecule has 0 amide bonds. The molecule has 2 aromatic heterocycles. The Bertz CT molecular complexity index is 796. The zero-order valence-electron chi connectivity index (χ0n) is 12.1. The van der Waals surface area contributed by atoms with Crippen LogP contribution < -0.4 is 5.32 Å². The number of halogens is 1. The molecular weight excluding hydrogens is 269 g/mol. The first-order chi connectivity index (χ1) is 10.1. The SMILES string of the molecule is Cc1cc(F)ccc1[C@H](C)Nc1ncnc2c1cnn2C. The molecule has 0 spiro atoms. The fourth-order valence-electron chi connectivity index (χ4n) is 2.48. The van der Waals surface area contributed by atoms with E-state index in [4.69, 9.17) is 0 Å². The Hall–Kier alpha value is -2.50. The Morgan fingerprint density at radius 1 is 1.29 bits per heavy atom. The Morgan fingerprint density at radius 2 is 2.10 bits per heavy atom. The highest BCUT2D eigenvalue weighted by molar-refractivity contribution is 5.86. The number of nitrogens with one attached hydrogen (secondary N) is 1. The van der Waals surface area contributed by atoms with Gasteiger partial charge in [-0.1, -0.05) is 6.07 Å². The first-order valence-corrected chi connectivity index (χ1v) is 6.71. The van der Waals surface area contributed by atoms with Crippen molar-refractivity contribution in [3.63, 3.8) is 0 Å². The molecule has 3 aromatic rings. The molecule has 0 fully saturated rings. The molecule has 3 rings (SSSR count). The van der Waals surface area contributed by atoms with Gasteiger partial charge in [0.2, 0.25) is 0 Å². The standard InChI is InChI=1S/C15H16FN5/c1-9-6-11(16)4-5-12(9)10(2)20-14-13-7-19-21(3)15(13)18-8-17-14/h4-8,10H,1-3H3,(H,17,18,20)/t10-/m0/s1. The average molecular weight is 285 g/mol. The van der Waals surface area contributed by atoms with Gasteiger partial charge >= 0.3 is 0 Å². The van der Waals surface area contributed by atoms with Crippen molar-refractivity contribution in [3.05, 3.63) is 47.7 Å². The number of hydrogen-bond donors (Lipinski definition) is 1. The molecule has 0 saturated heterocycles. The lowest BCUT2D eigenvalue weighted by Crippen LogP contribution is -2.10. The summed E-state index contributed by atoms with van der Waals surface area (Å²) in [6.45, 7) is 3.92. The van der Waals surface area contributed by atoms with Gasteiger partial charge in [0.15, 0.2) is 5.65 Å². The second-order valence-corrected chi connectivity index (χ2v) is 5.09. The van der Waals surface area contributed by atoms with Crippen molar-refractivity contribution in [2.24, 2.45) is 7.05 Å². The zero-order chi connectivity index (χ0) is 15.0. The van der Waals surface area contributed by atoms with E-state index in [1.165, 1.54) is 18.5 Å². The minimum atomic E-state index is -0.222. The molecule has 0 aliphatic carbocycles. The molecule has 0 aliphatic rings. The third-order valence-corrected chi connectivity index (χ3v) is 3.58. The van der Waals surface area contributed by atoms with Gasteiger partial charge < -0.3 is 5.32 Å². The number of hydrogen-bond acceptors (Lipinski definition) is 4. The van der Waals surface area contributed by atoms with Crippen molar-refractivity contribution in [2.45, 2.75) is 19.9 Å². The summed E-state index contributed by atoms with van der Waals surface area (Å²) in [6, 6.07) is 4.81. The van der Waals surface area contributed by atoms with Crippen LogP contribution in [0.2, 0.25) is 0 Å². The smallest absolute Gasteiger partial charge is 0.163 e. The van der Waals surface area contributed by atoms with Gasteiger partial charge in [0, 0.05) is 7.05 Å². The molecule has 2 heterocycles. The highest BCUT2D eigenvalue weighted by atomic mass is 19.1. The number of fused-ring (bicyclic) bond motifs is 1. The number of nitrogens with zero attached hydrogens (tertiary/aromatic N) is 4. The Kier molecular flexibility index (Phi) is 3.29. The maximum absolute atomic E-state index is 13.2. The molecule has 0 radical (unpaired) electrons. The van der Waals surface area contributed by atoms with Crippen molar-refractivity contribution in [3.8, 4) is 0 Å². The number of aryl methyl sites for hydroxylation is 2. The van der Waals surface area contributed by atoms with E-state index in [1.54, 1.807) is 16.9 Å². The molecular formula is C15H16FN5. The van der Waals surface area contributed by atoms with Crippen molar-refractivity contribution in [1.82, 2.24) is 19.7 Å². The zero-order valence-corrected chi connectivity index (χ0v) is 12.1. The van der Waals surface area contributed by atoms with Crippen molar-refractivity contribution in [2.75, 3.05) is 5.32 Å². The summed E-state index contributed by atoms with van der Waals surface area (Å²) in [5.74, 6) is 0.504. The fourth-order valence-corrected chi connectivity index (χ4v) is 2.48. The van der Waals surface area contributed by atoms with Crippen molar-refractivity contribution >= 4 is 16.9 Å². The van der Waals surface area contributed by atoms with Gasteiger partial charge in [-0.2, -0.15) is 5.10 Å². The molecule has 108 valence electrons. The van der Waals surface area contributed by atoms with Crippen LogP contribution >= 0.6 is 0 Å². The maximum Gasteiger partial charge on any atom is 0.163 e. The monoisotopic (exact) mass is 285 g/mol. The molecule has 1 aromatic carbocycles. The predicted octanol–water partition coefficient (Wildman–Crippen LogP) is 2.98. The number of anilines is 1. The molecule has 1 N–H and O–H groups in total. The maximum atomic E-state index is 13.2. The Labute approximate surface area is 121 Å². The molecule has 0 unspecified atom stereocenters. The van der Waals surface area contributed by atoms with Crippen LogP contribution in [0.5, 0.6) is 0 Å². The van der Waals surface area contributed by atoms with E-state index in [2.05, 4.69) is 20.4 Å². The average Bonchev–Trinajstić information content (AvgIpc) is 2.81. The van der Waals surface area contributed by atoms with E-state index >= 15 is 0 Å². The Balaban J connectivity index is 1.94. The topological polar surface area (TPSA) is 55.6 Å². The minimum absolute atomic E-state index is 0.00362. The summed E-state index contributed by atoms with van der Waals surface area (Å²) in [4.78, 5) is 8.49. The summed E-state index contributed by atoms with van der Waals surface area (Å²) in [5, 5.41) is 8.41. The van der Waals surface area contributed by atoms with Gasteiger partial charge in [0.25, 0.3) is 0 Å². The highest BCUT2D eigenvalue weighted by Gasteiger charge is 2.13.